The lowest BCUT2D eigenvalue weighted by atomic mass is 10.1. The van der Waals surface area contributed by atoms with Gasteiger partial charge < -0.3 is 15.4 Å². The van der Waals surface area contributed by atoms with E-state index in [4.69, 9.17) is 4.74 Å². The summed E-state index contributed by atoms with van der Waals surface area (Å²) in [5.74, 6) is -1.52. The first-order chi connectivity index (χ1) is 12.1. The Kier molecular flexibility index (Phi) is 5.40. The largest absolute Gasteiger partial charge is 0.376 e. The molecule has 130 valence electrons. The van der Waals surface area contributed by atoms with Gasteiger partial charge in [-0.05, 0) is 37.1 Å². The Morgan fingerprint density at radius 2 is 1.76 bits per heavy atom. The van der Waals surface area contributed by atoms with Crippen LogP contribution in [0.4, 0.5) is 10.1 Å². The molecule has 0 saturated carbocycles. The molecule has 0 spiro atoms. The number of benzene rings is 2. The van der Waals surface area contributed by atoms with Crippen LogP contribution in [0.2, 0.25) is 0 Å². The minimum absolute atomic E-state index is 0.0316. The predicted molar refractivity (Wildman–Crippen MR) is 92.1 cm³/mol. The lowest BCUT2D eigenvalue weighted by molar-refractivity contribution is 0.0858. The van der Waals surface area contributed by atoms with E-state index in [0.717, 1.165) is 19.4 Å². The summed E-state index contributed by atoms with van der Waals surface area (Å²) in [5.41, 5.74) is 0.586. The van der Waals surface area contributed by atoms with Gasteiger partial charge in [-0.2, -0.15) is 0 Å². The minimum Gasteiger partial charge on any atom is -0.376 e. The molecule has 3 rings (SSSR count). The van der Waals surface area contributed by atoms with Gasteiger partial charge in [0.15, 0.2) is 0 Å². The maximum atomic E-state index is 13.7. The van der Waals surface area contributed by atoms with E-state index in [9.17, 15) is 14.0 Å². The zero-order valence-corrected chi connectivity index (χ0v) is 13.6. The van der Waals surface area contributed by atoms with Gasteiger partial charge in [0.05, 0.1) is 22.9 Å². The SMILES string of the molecule is O=C(Nc1ccccc1C(=O)NC[C@H]1CCCO1)c1ccccc1F. The van der Waals surface area contributed by atoms with Crippen LogP contribution in [-0.4, -0.2) is 31.1 Å². The molecule has 0 aromatic heterocycles. The molecule has 0 unspecified atom stereocenters. The van der Waals surface area contributed by atoms with Crippen molar-refractivity contribution in [3.05, 3.63) is 65.5 Å². The molecule has 0 radical (unpaired) electrons. The van der Waals surface area contributed by atoms with E-state index in [1.165, 1.54) is 18.2 Å². The molecule has 1 aliphatic rings. The fraction of sp³-hybridized carbons (Fsp3) is 0.263. The summed E-state index contributed by atoms with van der Waals surface area (Å²) in [7, 11) is 0. The van der Waals surface area contributed by atoms with Gasteiger partial charge in [-0.25, -0.2) is 4.39 Å². The van der Waals surface area contributed by atoms with Crippen LogP contribution in [-0.2, 0) is 4.74 Å². The van der Waals surface area contributed by atoms with E-state index < -0.39 is 11.7 Å². The minimum atomic E-state index is -0.611. The third-order valence-electron chi connectivity index (χ3n) is 4.05. The second kappa shape index (κ2) is 7.90. The van der Waals surface area contributed by atoms with Crippen LogP contribution in [0, 0.1) is 5.82 Å². The van der Waals surface area contributed by atoms with Crippen LogP contribution in [0.3, 0.4) is 0 Å². The molecule has 0 bridgehead atoms. The maximum Gasteiger partial charge on any atom is 0.258 e. The molecular weight excluding hydrogens is 323 g/mol. The van der Waals surface area contributed by atoms with Crippen LogP contribution in [0.25, 0.3) is 0 Å². The molecule has 2 aromatic carbocycles. The number of hydrogen-bond donors (Lipinski definition) is 2. The van der Waals surface area contributed by atoms with Gasteiger partial charge in [-0.15, -0.1) is 0 Å². The van der Waals surface area contributed by atoms with Gasteiger partial charge in [0, 0.05) is 13.2 Å². The molecular formula is C19H19FN2O3. The van der Waals surface area contributed by atoms with E-state index >= 15 is 0 Å². The first kappa shape index (κ1) is 17.1. The van der Waals surface area contributed by atoms with Crippen molar-refractivity contribution >= 4 is 17.5 Å². The van der Waals surface area contributed by atoms with Crippen LogP contribution < -0.4 is 10.6 Å². The normalized spacial score (nSPS) is 16.4. The molecule has 5 nitrogen and oxygen atoms in total. The molecule has 2 N–H and O–H groups in total. The van der Waals surface area contributed by atoms with Gasteiger partial charge in [0.25, 0.3) is 11.8 Å². The van der Waals surface area contributed by atoms with Crippen molar-refractivity contribution < 1.29 is 18.7 Å². The highest BCUT2D eigenvalue weighted by molar-refractivity contribution is 6.09. The monoisotopic (exact) mass is 342 g/mol. The van der Waals surface area contributed by atoms with Gasteiger partial charge in [-0.3, -0.25) is 9.59 Å². The smallest absolute Gasteiger partial charge is 0.258 e. The van der Waals surface area contributed by atoms with Gasteiger partial charge in [0.2, 0.25) is 0 Å². The van der Waals surface area contributed by atoms with Gasteiger partial charge in [-0.1, -0.05) is 24.3 Å². The Morgan fingerprint density at radius 3 is 2.48 bits per heavy atom. The number of rotatable bonds is 5. The Labute approximate surface area is 145 Å². The van der Waals surface area contributed by atoms with E-state index in [-0.39, 0.29) is 17.6 Å². The molecule has 1 aliphatic heterocycles. The first-order valence-corrected chi connectivity index (χ1v) is 8.20. The number of nitrogens with one attached hydrogen (secondary N) is 2. The summed E-state index contributed by atoms with van der Waals surface area (Å²) in [6.45, 7) is 1.14. The van der Waals surface area contributed by atoms with E-state index in [1.54, 1.807) is 30.3 Å². The van der Waals surface area contributed by atoms with Crippen LogP contribution in [0.5, 0.6) is 0 Å². The van der Waals surface area contributed by atoms with Crippen molar-refractivity contribution in [1.29, 1.82) is 0 Å². The Balaban J connectivity index is 1.71. The lowest BCUT2D eigenvalue weighted by Crippen LogP contribution is -2.32. The van der Waals surface area contributed by atoms with Crippen molar-refractivity contribution in [3.8, 4) is 0 Å². The maximum absolute atomic E-state index is 13.7. The van der Waals surface area contributed by atoms with Crippen molar-refractivity contribution in [3.63, 3.8) is 0 Å². The summed E-state index contributed by atoms with van der Waals surface area (Å²) in [5, 5.41) is 5.42. The molecule has 25 heavy (non-hydrogen) atoms. The highest BCUT2D eigenvalue weighted by Crippen LogP contribution is 2.18. The third kappa shape index (κ3) is 4.22. The molecule has 1 fully saturated rings. The van der Waals surface area contributed by atoms with E-state index in [2.05, 4.69) is 10.6 Å². The lowest BCUT2D eigenvalue weighted by Gasteiger charge is -2.14. The second-order valence-corrected chi connectivity index (χ2v) is 5.82. The first-order valence-electron chi connectivity index (χ1n) is 8.20. The summed E-state index contributed by atoms with van der Waals surface area (Å²) in [4.78, 5) is 24.7. The van der Waals surface area contributed by atoms with Gasteiger partial charge >= 0.3 is 0 Å². The van der Waals surface area contributed by atoms with Gasteiger partial charge in [0.1, 0.15) is 5.82 Å². The number of carbonyl (C=O) groups excluding carboxylic acids is 2. The summed E-state index contributed by atoms with van der Waals surface area (Å²) in [6, 6.07) is 12.3. The van der Waals surface area contributed by atoms with Crippen LogP contribution in [0.15, 0.2) is 48.5 Å². The van der Waals surface area contributed by atoms with E-state index in [1.807, 2.05) is 0 Å². The fourth-order valence-corrected chi connectivity index (χ4v) is 2.73. The third-order valence-corrected chi connectivity index (χ3v) is 4.05. The topological polar surface area (TPSA) is 67.4 Å². The van der Waals surface area contributed by atoms with Crippen molar-refractivity contribution in [1.82, 2.24) is 5.32 Å². The number of ether oxygens (including phenoxy) is 1. The number of amides is 2. The van der Waals surface area contributed by atoms with E-state index in [0.29, 0.717) is 17.8 Å². The molecule has 1 heterocycles. The standard InChI is InChI=1S/C19H19FN2O3/c20-16-9-3-1-7-14(16)19(24)22-17-10-4-2-8-15(17)18(23)21-12-13-6-5-11-25-13/h1-4,7-10,13H,5-6,11-12H2,(H,21,23)(H,22,24)/t13-/m1/s1. The zero-order valence-electron chi connectivity index (χ0n) is 13.6. The number of hydrogen-bond acceptors (Lipinski definition) is 3. The highest BCUT2D eigenvalue weighted by atomic mass is 19.1. The van der Waals surface area contributed by atoms with Crippen LogP contribution >= 0.6 is 0 Å². The average molecular weight is 342 g/mol. The molecule has 0 aliphatic carbocycles. The fourth-order valence-electron chi connectivity index (χ4n) is 2.73. The summed E-state index contributed by atoms with van der Waals surface area (Å²) in [6.07, 6.45) is 1.95. The predicted octanol–water partition coefficient (Wildman–Crippen LogP) is 2.99. The Bertz CT molecular complexity index is 773. The number of para-hydroxylation sites is 1. The Morgan fingerprint density at radius 1 is 1.04 bits per heavy atom. The zero-order chi connectivity index (χ0) is 17.6. The van der Waals surface area contributed by atoms with Crippen molar-refractivity contribution in [2.45, 2.75) is 18.9 Å². The quantitative estimate of drug-likeness (QED) is 0.878. The molecule has 1 atom stereocenters. The molecule has 6 heteroatoms. The van der Waals surface area contributed by atoms with Crippen molar-refractivity contribution in [2.24, 2.45) is 0 Å². The molecule has 2 aromatic rings. The van der Waals surface area contributed by atoms with Crippen LogP contribution in [0.1, 0.15) is 33.6 Å². The molecule has 2 amide bonds. The summed E-state index contributed by atoms with van der Waals surface area (Å²) >= 11 is 0. The highest BCUT2D eigenvalue weighted by Gasteiger charge is 2.19. The second-order valence-electron chi connectivity index (χ2n) is 5.82. The number of carbonyl (C=O) groups is 2. The average Bonchev–Trinajstić information content (AvgIpc) is 3.14. The number of halogens is 1. The Hall–Kier alpha value is -2.73. The molecule has 1 saturated heterocycles. The number of anilines is 1. The summed E-state index contributed by atoms with van der Waals surface area (Å²) < 4.78 is 19.2. The van der Waals surface area contributed by atoms with Crippen molar-refractivity contribution in [2.75, 3.05) is 18.5 Å².